The standard InChI is InChI=1S/C13H14N2O2/c1-14-8-12(16)10-7-9-5-3-4-6-11(9)15(2)13(10)17/h3-8,14,16H,1-2H3. The molecular formula is C13H14N2O2. The molecule has 4 nitrogen and oxygen atoms in total. The van der Waals surface area contributed by atoms with E-state index in [9.17, 15) is 9.90 Å². The summed E-state index contributed by atoms with van der Waals surface area (Å²) < 4.78 is 1.53. The highest BCUT2D eigenvalue weighted by Crippen LogP contribution is 2.15. The van der Waals surface area contributed by atoms with Gasteiger partial charge in [0.25, 0.3) is 5.56 Å². The third-order valence-corrected chi connectivity index (χ3v) is 2.69. The van der Waals surface area contributed by atoms with Crippen LogP contribution in [0.5, 0.6) is 0 Å². The lowest BCUT2D eigenvalue weighted by Crippen LogP contribution is -2.21. The van der Waals surface area contributed by atoms with Gasteiger partial charge in [0, 0.05) is 20.3 Å². The molecule has 2 N–H and O–H groups in total. The number of hydrogen-bond donors (Lipinski definition) is 2. The summed E-state index contributed by atoms with van der Waals surface area (Å²) in [6, 6.07) is 9.26. The third kappa shape index (κ3) is 1.89. The van der Waals surface area contributed by atoms with Gasteiger partial charge in [0.1, 0.15) is 5.76 Å². The first-order valence-corrected chi connectivity index (χ1v) is 5.30. The molecule has 0 aliphatic heterocycles. The predicted molar refractivity (Wildman–Crippen MR) is 68.9 cm³/mol. The van der Waals surface area contributed by atoms with E-state index < -0.39 is 0 Å². The maximum Gasteiger partial charge on any atom is 0.261 e. The van der Waals surface area contributed by atoms with Gasteiger partial charge >= 0.3 is 0 Å². The molecule has 0 amide bonds. The van der Waals surface area contributed by atoms with Gasteiger partial charge in [0.05, 0.1) is 11.1 Å². The Labute approximate surface area is 98.8 Å². The van der Waals surface area contributed by atoms with Crippen LogP contribution < -0.4 is 10.9 Å². The molecule has 0 saturated heterocycles. The van der Waals surface area contributed by atoms with Gasteiger partial charge in [-0.3, -0.25) is 4.79 Å². The van der Waals surface area contributed by atoms with Gasteiger partial charge in [-0.1, -0.05) is 18.2 Å². The fraction of sp³-hybridized carbons (Fsp3) is 0.154. The minimum absolute atomic E-state index is 0.0566. The number of aliphatic hydroxyl groups excluding tert-OH is 1. The van der Waals surface area contributed by atoms with E-state index in [0.717, 1.165) is 10.9 Å². The van der Waals surface area contributed by atoms with E-state index in [1.165, 1.54) is 10.8 Å². The number of aromatic nitrogens is 1. The second-order valence-electron chi connectivity index (χ2n) is 3.80. The minimum Gasteiger partial charge on any atom is -0.506 e. The molecule has 88 valence electrons. The maximum atomic E-state index is 12.0. The highest BCUT2D eigenvalue weighted by atomic mass is 16.3. The van der Waals surface area contributed by atoms with Crippen molar-refractivity contribution in [1.82, 2.24) is 9.88 Å². The Morgan fingerprint density at radius 3 is 2.82 bits per heavy atom. The van der Waals surface area contributed by atoms with Crippen LogP contribution in [0.1, 0.15) is 5.56 Å². The highest BCUT2D eigenvalue weighted by Gasteiger charge is 2.09. The SMILES string of the molecule is CNC=C(O)c1cc2ccccc2n(C)c1=O. The average Bonchev–Trinajstić information content (AvgIpc) is 2.34. The molecule has 2 aromatic rings. The molecule has 17 heavy (non-hydrogen) atoms. The molecule has 0 aliphatic carbocycles. The maximum absolute atomic E-state index is 12.0. The normalized spacial score (nSPS) is 11.8. The zero-order chi connectivity index (χ0) is 12.4. The number of pyridine rings is 1. The first-order chi connectivity index (χ1) is 8.15. The summed E-state index contributed by atoms with van der Waals surface area (Å²) in [6.07, 6.45) is 1.39. The quantitative estimate of drug-likeness (QED) is 0.771. The number of hydrogen-bond acceptors (Lipinski definition) is 3. The van der Waals surface area contributed by atoms with Crippen LogP contribution in [0.3, 0.4) is 0 Å². The van der Waals surface area contributed by atoms with Crippen molar-refractivity contribution < 1.29 is 5.11 Å². The van der Waals surface area contributed by atoms with E-state index in [1.54, 1.807) is 20.2 Å². The molecule has 0 aliphatic rings. The number of nitrogens with zero attached hydrogens (tertiary/aromatic N) is 1. The monoisotopic (exact) mass is 230 g/mol. The summed E-state index contributed by atoms with van der Waals surface area (Å²) in [5, 5.41) is 13.4. The topological polar surface area (TPSA) is 54.3 Å². The van der Waals surface area contributed by atoms with Crippen LogP contribution >= 0.6 is 0 Å². The van der Waals surface area contributed by atoms with Crippen molar-refractivity contribution in [1.29, 1.82) is 0 Å². The lowest BCUT2D eigenvalue weighted by atomic mass is 10.1. The molecule has 0 bridgehead atoms. The van der Waals surface area contributed by atoms with Crippen LogP contribution in [-0.4, -0.2) is 16.7 Å². The first kappa shape index (κ1) is 11.3. The van der Waals surface area contributed by atoms with E-state index in [-0.39, 0.29) is 11.3 Å². The van der Waals surface area contributed by atoms with Crippen LogP contribution in [0.25, 0.3) is 16.7 Å². The van der Waals surface area contributed by atoms with Gasteiger partial charge in [0.2, 0.25) is 0 Å². The van der Waals surface area contributed by atoms with Gasteiger partial charge in [-0.2, -0.15) is 0 Å². The molecule has 0 saturated carbocycles. The second kappa shape index (κ2) is 4.33. The van der Waals surface area contributed by atoms with E-state index in [2.05, 4.69) is 5.32 Å². The summed E-state index contributed by atoms with van der Waals surface area (Å²) in [4.78, 5) is 12.0. The fourth-order valence-electron chi connectivity index (χ4n) is 1.82. The molecule has 0 atom stereocenters. The zero-order valence-electron chi connectivity index (χ0n) is 9.77. The smallest absolute Gasteiger partial charge is 0.261 e. The molecule has 4 heteroatoms. The molecule has 0 unspecified atom stereocenters. The Balaban J connectivity index is 2.79. The summed E-state index contributed by atoms with van der Waals surface area (Å²) in [5.41, 5.74) is 0.923. The van der Waals surface area contributed by atoms with Crippen molar-refractivity contribution in [2.75, 3.05) is 7.05 Å². The summed E-state index contributed by atoms with van der Waals surface area (Å²) in [6.45, 7) is 0. The van der Waals surface area contributed by atoms with Crippen molar-refractivity contribution >= 4 is 16.7 Å². The predicted octanol–water partition coefficient (Wildman–Crippen LogP) is 1.61. The molecule has 0 spiro atoms. The Morgan fingerprint density at radius 2 is 2.12 bits per heavy atom. The number of aliphatic hydroxyl groups is 1. The van der Waals surface area contributed by atoms with Crippen LogP contribution in [-0.2, 0) is 7.05 Å². The Kier molecular flexibility index (Phi) is 2.87. The van der Waals surface area contributed by atoms with Crippen LogP contribution in [0, 0.1) is 0 Å². The van der Waals surface area contributed by atoms with Crippen molar-refractivity contribution in [3.63, 3.8) is 0 Å². The van der Waals surface area contributed by atoms with Crippen LogP contribution in [0.15, 0.2) is 41.3 Å². The molecule has 2 rings (SSSR count). The first-order valence-electron chi connectivity index (χ1n) is 5.30. The highest BCUT2D eigenvalue weighted by molar-refractivity contribution is 5.82. The number of para-hydroxylation sites is 1. The molecule has 1 aromatic carbocycles. The summed E-state index contributed by atoms with van der Waals surface area (Å²) >= 11 is 0. The zero-order valence-corrected chi connectivity index (χ0v) is 9.77. The van der Waals surface area contributed by atoms with Crippen molar-refractivity contribution in [3.8, 4) is 0 Å². The second-order valence-corrected chi connectivity index (χ2v) is 3.80. The lowest BCUT2D eigenvalue weighted by molar-refractivity contribution is 0.506. The third-order valence-electron chi connectivity index (χ3n) is 2.69. The summed E-state index contributed by atoms with van der Waals surface area (Å²) in [5.74, 6) is -0.0566. The Bertz CT molecular complexity index is 641. The van der Waals surface area contributed by atoms with Crippen molar-refractivity contribution in [2.45, 2.75) is 0 Å². The van der Waals surface area contributed by atoms with Gasteiger partial charge in [-0.05, 0) is 17.5 Å². The van der Waals surface area contributed by atoms with E-state index >= 15 is 0 Å². The van der Waals surface area contributed by atoms with Gasteiger partial charge < -0.3 is 15.0 Å². The van der Waals surface area contributed by atoms with E-state index in [0.29, 0.717) is 5.56 Å². The molecule has 0 fully saturated rings. The van der Waals surface area contributed by atoms with E-state index in [4.69, 9.17) is 0 Å². The largest absolute Gasteiger partial charge is 0.506 e. The minimum atomic E-state index is -0.215. The lowest BCUT2D eigenvalue weighted by Gasteiger charge is -2.08. The van der Waals surface area contributed by atoms with Gasteiger partial charge in [0.15, 0.2) is 0 Å². The number of nitrogens with one attached hydrogen (secondary N) is 1. The Morgan fingerprint density at radius 1 is 1.41 bits per heavy atom. The number of rotatable bonds is 2. The van der Waals surface area contributed by atoms with Crippen molar-refractivity contribution in [2.24, 2.45) is 7.05 Å². The van der Waals surface area contributed by atoms with E-state index in [1.807, 2.05) is 24.3 Å². The molecular weight excluding hydrogens is 216 g/mol. The average molecular weight is 230 g/mol. The van der Waals surface area contributed by atoms with Gasteiger partial charge in [-0.25, -0.2) is 0 Å². The molecule has 1 aromatic heterocycles. The Hall–Kier alpha value is -2.23. The van der Waals surface area contributed by atoms with Gasteiger partial charge in [-0.15, -0.1) is 0 Å². The van der Waals surface area contributed by atoms with Crippen LogP contribution in [0.2, 0.25) is 0 Å². The molecule has 1 heterocycles. The fourth-order valence-corrected chi connectivity index (χ4v) is 1.82. The van der Waals surface area contributed by atoms with Crippen LogP contribution in [0.4, 0.5) is 0 Å². The number of fused-ring (bicyclic) bond motifs is 1. The number of aryl methyl sites for hydroxylation is 1. The molecule has 0 radical (unpaired) electrons. The summed E-state index contributed by atoms with van der Waals surface area (Å²) in [7, 11) is 3.36. The number of benzene rings is 1. The van der Waals surface area contributed by atoms with Crippen molar-refractivity contribution in [3.05, 3.63) is 52.4 Å².